The summed E-state index contributed by atoms with van der Waals surface area (Å²) < 4.78 is 5.84. The Labute approximate surface area is 146 Å². The topological polar surface area (TPSA) is 67.4 Å². The molecule has 0 atom stereocenters. The Morgan fingerprint density at radius 2 is 1.72 bits per heavy atom. The molecule has 0 unspecified atom stereocenters. The third-order valence-corrected chi connectivity index (χ3v) is 4.09. The van der Waals surface area contributed by atoms with E-state index in [4.69, 9.17) is 4.74 Å². The van der Waals surface area contributed by atoms with E-state index in [1.807, 2.05) is 30.3 Å². The lowest BCUT2D eigenvalue weighted by Crippen LogP contribution is -2.49. The van der Waals surface area contributed by atoms with E-state index in [2.05, 4.69) is 17.2 Å². The van der Waals surface area contributed by atoms with E-state index in [-0.39, 0.29) is 24.0 Å². The van der Waals surface area contributed by atoms with E-state index in [0.29, 0.717) is 11.3 Å². The zero-order valence-corrected chi connectivity index (χ0v) is 13.8. The molecule has 0 heterocycles. The first kappa shape index (κ1) is 16.8. The van der Waals surface area contributed by atoms with Gasteiger partial charge in [-0.1, -0.05) is 36.9 Å². The minimum absolute atomic E-state index is 0.0735. The van der Waals surface area contributed by atoms with Gasteiger partial charge in [-0.2, -0.15) is 0 Å². The van der Waals surface area contributed by atoms with Crippen molar-refractivity contribution < 1.29 is 14.3 Å². The van der Waals surface area contributed by atoms with Crippen LogP contribution in [0.1, 0.15) is 23.2 Å². The molecule has 128 valence electrons. The maximum absolute atomic E-state index is 12.5. The summed E-state index contributed by atoms with van der Waals surface area (Å²) in [6.07, 6.45) is 2.82. The quantitative estimate of drug-likeness (QED) is 0.796. The van der Waals surface area contributed by atoms with Gasteiger partial charge in [-0.3, -0.25) is 9.59 Å². The van der Waals surface area contributed by atoms with Crippen molar-refractivity contribution >= 4 is 17.5 Å². The Morgan fingerprint density at radius 1 is 1.04 bits per heavy atom. The summed E-state index contributed by atoms with van der Waals surface area (Å²) in [6, 6.07) is 16.6. The Hall–Kier alpha value is -3.08. The van der Waals surface area contributed by atoms with E-state index in [1.54, 1.807) is 24.3 Å². The van der Waals surface area contributed by atoms with Gasteiger partial charge in [0.2, 0.25) is 5.91 Å². The standard InChI is InChI=1S/C20H20N2O3/c1-2-19(23)22-18-11-7-6-10-17(18)20(24)21-14-12-16(13-14)25-15-8-4-3-5-9-15/h2-11,14,16H,1,12-13H2,(H,21,24)(H,22,23). The van der Waals surface area contributed by atoms with E-state index in [1.165, 1.54) is 6.08 Å². The average Bonchev–Trinajstić information content (AvgIpc) is 2.61. The predicted molar refractivity (Wildman–Crippen MR) is 96.6 cm³/mol. The Balaban J connectivity index is 1.54. The lowest BCUT2D eigenvalue weighted by Gasteiger charge is -2.35. The van der Waals surface area contributed by atoms with Crippen LogP contribution >= 0.6 is 0 Å². The number of anilines is 1. The first-order valence-corrected chi connectivity index (χ1v) is 8.20. The van der Waals surface area contributed by atoms with Crippen LogP contribution in [-0.2, 0) is 4.79 Å². The van der Waals surface area contributed by atoms with Gasteiger partial charge in [-0.15, -0.1) is 0 Å². The molecule has 0 saturated heterocycles. The Bertz CT molecular complexity index is 768. The zero-order valence-electron chi connectivity index (χ0n) is 13.8. The molecular weight excluding hydrogens is 316 g/mol. The Kier molecular flexibility index (Phi) is 5.14. The third kappa shape index (κ3) is 4.26. The van der Waals surface area contributed by atoms with Crippen molar-refractivity contribution in [2.45, 2.75) is 25.0 Å². The van der Waals surface area contributed by atoms with Crippen molar-refractivity contribution in [1.82, 2.24) is 5.32 Å². The zero-order chi connectivity index (χ0) is 17.6. The largest absolute Gasteiger partial charge is 0.490 e. The van der Waals surface area contributed by atoms with Gasteiger partial charge in [0.05, 0.1) is 11.3 Å². The number of carbonyl (C=O) groups is 2. The number of amides is 2. The highest BCUT2D eigenvalue weighted by Crippen LogP contribution is 2.26. The van der Waals surface area contributed by atoms with E-state index in [9.17, 15) is 9.59 Å². The van der Waals surface area contributed by atoms with Gasteiger partial charge >= 0.3 is 0 Å². The molecule has 2 amide bonds. The molecule has 2 aromatic rings. The van der Waals surface area contributed by atoms with Crippen LogP contribution in [0.15, 0.2) is 67.3 Å². The molecule has 1 aliphatic carbocycles. The molecule has 2 aromatic carbocycles. The van der Waals surface area contributed by atoms with Crippen molar-refractivity contribution in [2.75, 3.05) is 5.32 Å². The number of hydrogen-bond donors (Lipinski definition) is 2. The number of rotatable bonds is 6. The fraction of sp³-hybridized carbons (Fsp3) is 0.200. The molecule has 0 aromatic heterocycles. The number of benzene rings is 2. The van der Waals surface area contributed by atoms with Crippen molar-refractivity contribution in [3.05, 3.63) is 72.8 Å². The monoisotopic (exact) mass is 336 g/mol. The van der Waals surface area contributed by atoms with Gasteiger partial charge < -0.3 is 15.4 Å². The average molecular weight is 336 g/mol. The van der Waals surface area contributed by atoms with E-state index < -0.39 is 0 Å². The maximum Gasteiger partial charge on any atom is 0.253 e. The smallest absolute Gasteiger partial charge is 0.253 e. The molecule has 1 aliphatic rings. The second kappa shape index (κ2) is 7.66. The lowest BCUT2D eigenvalue weighted by atomic mass is 9.89. The number of ether oxygens (including phenoxy) is 1. The van der Waals surface area contributed by atoms with Gasteiger partial charge in [0.15, 0.2) is 0 Å². The summed E-state index contributed by atoms with van der Waals surface area (Å²) in [5.41, 5.74) is 0.909. The summed E-state index contributed by atoms with van der Waals surface area (Å²) in [5.74, 6) is 0.290. The molecule has 3 rings (SSSR count). The highest BCUT2D eigenvalue weighted by atomic mass is 16.5. The van der Waals surface area contributed by atoms with Crippen molar-refractivity contribution in [3.63, 3.8) is 0 Å². The van der Waals surface area contributed by atoms with Crippen molar-refractivity contribution in [2.24, 2.45) is 0 Å². The molecule has 2 N–H and O–H groups in total. The summed E-state index contributed by atoms with van der Waals surface area (Å²) in [5, 5.41) is 5.63. The molecule has 0 bridgehead atoms. The predicted octanol–water partition coefficient (Wildman–Crippen LogP) is 3.15. The molecule has 1 saturated carbocycles. The lowest BCUT2D eigenvalue weighted by molar-refractivity contribution is -0.111. The number of para-hydroxylation sites is 2. The van der Waals surface area contributed by atoms with Gasteiger partial charge in [0, 0.05) is 18.9 Å². The second-order valence-electron chi connectivity index (χ2n) is 5.93. The Morgan fingerprint density at radius 3 is 2.44 bits per heavy atom. The van der Waals surface area contributed by atoms with Gasteiger partial charge in [0.25, 0.3) is 5.91 Å². The second-order valence-corrected chi connectivity index (χ2v) is 5.93. The SMILES string of the molecule is C=CC(=O)Nc1ccccc1C(=O)NC1CC(Oc2ccccc2)C1. The van der Waals surface area contributed by atoms with Gasteiger partial charge in [-0.05, 0) is 30.3 Å². The highest BCUT2D eigenvalue weighted by Gasteiger charge is 2.32. The molecule has 1 fully saturated rings. The molecule has 0 aliphatic heterocycles. The highest BCUT2D eigenvalue weighted by molar-refractivity contribution is 6.06. The van der Waals surface area contributed by atoms with E-state index >= 15 is 0 Å². The van der Waals surface area contributed by atoms with Crippen LogP contribution in [-0.4, -0.2) is 24.0 Å². The number of carbonyl (C=O) groups excluding carboxylic acids is 2. The van der Waals surface area contributed by atoms with Crippen LogP contribution in [0.25, 0.3) is 0 Å². The van der Waals surface area contributed by atoms with Crippen LogP contribution in [0.5, 0.6) is 5.75 Å². The van der Waals surface area contributed by atoms with Crippen LogP contribution < -0.4 is 15.4 Å². The van der Waals surface area contributed by atoms with Crippen LogP contribution in [0.4, 0.5) is 5.69 Å². The molecule has 5 heteroatoms. The van der Waals surface area contributed by atoms with Gasteiger partial charge in [0.1, 0.15) is 11.9 Å². The normalized spacial score (nSPS) is 18.6. The van der Waals surface area contributed by atoms with E-state index in [0.717, 1.165) is 18.6 Å². The minimum Gasteiger partial charge on any atom is -0.490 e. The van der Waals surface area contributed by atoms with Crippen LogP contribution in [0.3, 0.4) is 0 Å². The molecule has 0 radical (unpaired) electrons. The maximum atomic E-state index is 12.5. The first-order valence-electron chi connectivity index (χ1n) is 8.20. The summed E-state index contributed by atoms with van der Waals surface area (Å²) in [4.78, 5) is 24.0. The number of nitrogens with one attached hydrogen (secondary N) is 2. The fourth-order valence-corrected chi connectivity index (χ4v) is 2.71. The van der Waals surface area contributed by atoms with Crippen molar-refractivity contribution in [3.8, 4) is 5.75 Å². The summed E-state index contributed by atoms with van der Waals surface area (Å²) >= 11 is 0. The molecule has 25 heavy (non-hydrogen) atoms. The molecular formula is C20H20N2O3. The van der Waals surface area contributed by atoms with Crippen LogP contribution in [0, 0.1) is 0 Å². The third-order valence-electron chi connectivity index (χ3n) is 4.09. The summed E-state index contributed by atoms with van der Waals surface area (Å²) in [7, 11) is 0. The van der Waals surface area contributed by atoms with Crippen molar-refractivity contribution in [1.29, 1.82) is 0 Å². The number of hydrogen-bond acceptors (Lipinski definition) is 3. The van der Waals surface area contributed by atoms with Gasteiger partial charge in [-0.25, -0.2) is 0 Å². The first-order chi connectivity index (χ1) is 12.2. The summed E-state index contributed by atoms with van der Waals surface area (Å²) in [6.45, 7) is 3.42. The fourth-order valence-electron chi connectivity index (χ4n) is 2.71. The molecule has 0 spiro atoms. The minimum atomic E-state index is -0.347. The van der Waals surface area contributed by atoms with Crippen LogP contribution in [0.2, 0.25) is 0 Å². The molecule has 5 nitrogen and oxygen atoms in total.